The number of rotatable bonds is 4. The molecule has 3 fully saturated rings. The second kappa shape index (κ2) is 5.03. The smallest absolute Gasteiger partial charge is 0.0933 e. The van der Waals surface area contributed by atoms with Crippen molar-refractivity contribution in [2.75, 3.05) is 32.9 Å². The van der Waals surface area contributed by atoms with Crippen LogP contribution in [-0.2, 0) is 9.47 Å². The van der Waals surface area contributed by atoms with Gasteiger partial charge in [0.15, 0.2) is 0 Å². The molecule has 4 unspecified atom stereocenters. The number of nitrogens with one attached hydrogen (secondary N) is 1. The van der Waals surface area contributed by atoms with Gasteiger partial charge in [0.25, 0.3) is 0 Å². The molecule has 0 amide bonds. The summed E-state index contributed by atoms with van der Waals surface area (Å²) in [6.07, 6.45) is 6.13. The van der Waals surface area contributed by atoms with Gasteiger partial charge in [-0.1, -0.05) is 6.42 Å². The third-order valence-corrected chi connectivity index (χ3v) is 4.52. The number of fused-ring (bicyclic) bond motifs is 2. The van der Waals surface area contributed by atoms with E-state index >= 15 is 0 Å². The predicted octanol–water partition coefficient (Wildman–Crippen LogP) is 1.43. The molecule has 1 heterocycles. The summed E-state index contributed by atoms with van der Waals surface area (Å²) < 4.78 is 11.5. The summed E-state index contributed by atoms with van der Waals surface area (Å²) in [4.78, 5) is 0. The molecule has 1 aliphatic heterocycles. The number of hydrogen-bond donors (Lipinski definition) is 1. The Labute approximate surface area is 97.9 Å². The van der Waals surface area contributed by atoms with Crippen LogP contribution in [-0.4, -0.2) is 39.0 Å². The Morgan fingerprint density at radius 1 is 1.19 bits per heavy atom. The molecule has 0 spiro atoms. The molecule has 3 aliphatic rings. The minimum atomic E-state index is 0.285. The number of morpholine rings is 1. The van der Waals surface area contributed by atoms with E-state index in [1.165, 1.54) is 25.7 Å². The Hall–Kier alpha value is -0.120. The normalized spacial score (nSPS) is 42.8. The number of ether oxygens (including phenoxy) is 2. The molecule has 2 bridgehead atoms. The SMILES string of the molecule is C1COC(COCC2CC3CCC2C3)CN1. The van der Waals surface area contributed by atoms with E-state index in [0.29, 0.717) is 0 Å². The maximum Gasteiger partial charge on any atom is 0.0933 e. The van der Waals surface area contributed by atoms with Crippen molar-refractivity contribution in [1.29, 1.82) is 0 Å². The summed E-state index contributed by atoms with van der Waals surface area (Å²) in [6.45, 7) is 4.53. The molecule has 2 aliphatic carbocycles. The van der Waals surface area contributed by atoms with E-state index in [2.05, 4.69) is 5.32 Å². The van der Waals surface area contributed by atoms with E-state index in [0.717, 1.165) is 50.7 Å². The van der Waals surface area contributed by atoms with Gasteiger partial charge in [-0.3, -0.25) is 0 Å². The van der Waals surface area contributed by atoms with Gasteiger partial charge in [-0.2, -0.15) is 0 Å². The maximum absolute atomic E-state index is 5.84. The third-order valence-electron chi connectivity index (χ3n) is 4.52. The first kappa shape index (κ1) is 11.0. The van der Waals surface area contributed by atoms with Crippen LogP contribution in [0.15, 0.2) is 0 Å². The number of hydrogen-bond acceptors (Lipinski definition) is 3. The maximum atomic E-state index is 5.84. The van der Waals surface area contributed by atoms with Gasteiger partial charge in [0.05, 0.1) is 19.3 Å². The van der Waals surface area contributed by atoms with Crippen LogP contribution in [0.2, 0.25) is 0 Å². The van der Waals surface area contributed by atoms with Gasteiger partial charge in [0.1, 0.15) is 0 Å². The van der Waals surface area contributed by atoms with Crippen LogP contribution in [0.1, 0.15) is 25.7 Å². The monoisotopic (exact) mass is 225 g/mol. The van der Waals surface area contributed by atoms with Gasteiger partial charge in [-0.05, 0) is 37.0 Å². The zero-order valence-electron chi connectivity index (χ0n) is 9.99. The summed E-state index contributed by atoms with van der Waals surface area (Å²) in [6, 6.07) is 0. The Bertz CT molecular complexity index is 228. The first-order valence-electron chi connectivity index (χ1n) is 6.82. The first-order valence-corrected chi connectivity index (χ1v) is 6.82. The standard InChI is InChI=1S/C13H23NO2/c1-2-11-5-10(1)6-12(11)8-15-9-13-7-14-3-4-16-13/h10-14H,1-9H2. The highest BCUT2D eigenvalue weighted by molar-refractivity contribution is 4.89. The second-order valence-corrected chi connectivity index (χ2v) is 5.67. The van der Waals surface area contributed by atoms with Crippen LogP contribution in [0.25, 0.3) is 0 Å². The lowest BCUT2D eigenvalue weighted by atomic mass is 9.90. The van der Waals surface area contributed by atoms with Crippen molar-refractivity contribution in [1.82, 2.24) is 5.32 Å². The lowest BCUT2D eigenvalue weighted by Gasteiger charge is -2.26. The lowest BCUT2D eigenvalue weighted by molar-refractivity contribution is -0.0416. The Morgan fingerprint density at radius 3 is 2.88 bits per heavy atom. The van der Waals surface area contributed by atoms with E-state index in [1.54, 1.807) is 0 Å². The first-order chi connectivity index (χ1) is 7.92. The predicted molar refractivity (Wildman–Crippen MR) is 62.4 cm³/mol. The van der Waals surface area contributed by atoms with Crippen LogP contribution >= 0.6 is 0 Å². The molecule has 92 valence electrons. The van der Waals surface area contributed by atoms with E-state index in [9.17, 15) is 0 Å². The Kier molecular flexibility index (Phi) is 3.46. The van der Waals surface area contributed by atoms with Gasteiger partial charge < -0.3 is 14.8 Å². The molecule has 0 aromatic heterocycles. The van der Waals surface area contributed by atoms with E-state index in [1.807, 2.05) is 0 Å². The fraction of sp³-hybridized carbons (Fsp3) is 1.00. The van der Waals surface area contributed by atoms with Crippen LogP contribution in [0.4, 0.5) is 0 Å². The molecule has 1 saturated heterocycles. The summed E-state index contributed by atoms with van der Waals surface area (Å²) in [5, 5.41) is 3.34. The Balaban J connectivity index is 1.34. The van der Waals surface area contributed by atoms with Crippen molar-refractivity contribution in [2.45, 2.75) is 31.8 Å². The topological polar surface area (TPSA) is 30.5 Å². The van der Waals surface area contributed by atoms with Crippen LogP contribution in [0.3, 0.4) is 0 Å². The van der Waals surface area contributed by atoms with Crippen molar-refractivity contribution < 1.29 is 9.47 Å². The van der Waals surface area contributed by atoms with E-state index in [-0.39, 0.29) is 6.10 Å². The van der Waals surface area contributed by atoms with Crippen molar-refractivity contribution in [3.05, 3.63) is 0 Å². The molecule has 0 radical (unpaired) electrons. The van der Waals surface area contributed by atoms with Gasteiger partial charge in [-0.15, -0.1) is 0 Å². The molecular weight excluding hydrogens is 202 g/mol. The summed E-state index contributed by atoms with van der Waals surface area (Å²) in [5.41, 5.74) is 0. The highest BCUT2D eigenvalue weighted by Gasteiger charge is 2.39. The second-order valence-electron chi connectivity index (χ2n) is 5.67. The molecule has 2 saturated carbocycles. The lowest BCUT2D eigenvalue weighted by Crippen LogP contribution is -2.41. The quantitative estimate of drug-likeness (QED) is 0.785. The van der Waals surface area contributed by atoms with Crippen molar-refractivity contribution >= 4 is 0 Å². The van der Waals surface area contributed by atoms with Crippen molar-refractivity contribution in [2.24, 2.45) is 17.8 Å². The average molecular weight is 225 g/mol. The van der Waals surface area contributed by atoms with Crippen LogP contribution in [0.5, 0.6) is 0 Å². The van der Waals surface area contributed by atoms with Gasteiger partial charge in [0, 0.05) is 19.7 Å². The van der Waals surface area contributed by atoms with Crippen LogP contribution < -0.4 is 5.32 Å². The summed E-state index contributed by atoms with van der Waals surface area (Å²) >= 11 is 0. The van der Waals surface area contributed by atoms with Gasteiger partial charge in [0.2, 0.25) is 0 Å². The van der Waals surface area contributed by atoms with Crippen molar-refractivity contribution in [3.8, 4) is 0 Å². The zero-order chi connectivity index (χ0) is 10.8. The highest BCUT2D eigenvalue weighted by Crippen LogP contribution is 2.48. The summed E-state index contributed by atoms with van der Waals surface area (Å²) in [7, 11) is 0. The van der Waals surface area contributed by atoms with E-state index in [4.69, 9.17) is 9.47 Å². The fourth-order valence-electron chi connectivity index (χ4n) is 3.66. The molecule has 3 rings (SSSR count). The third kappa shape index (κ3) is 2.41. The van der Waals surface area contributed by atoms with E-state index < -0.39 is 0 Å². The van der Waals surface area contributed by atoms with Gasteiger partial charge >= 0.3 is 0 Å². The fourth-order valence-corrected chi connectivity index (χ4v) is 3.66. The molecule has 3 nitrogen and oxygen atoms in total. The minimum Gasteiger partial charge on any atom is -0.378 e. The van der Waals surface area contributed by atoms with Crippen molar-refractivity contribution in [3.63, 3.8) is 0 Å². The molecule has 0 aromatic rings. The summed E-state index contributed by atoms with van der Waals surface area (Å²) in [5.74, 6) is 2.87. The Morgan fingerprint density at radius 2 is 2.19 bits per heavy atom. The molecule has 0 aromatic carbocycles. The molecule has 1 N–H and O–H groups in total. The molecule has 3 heteroatoms. The van der Waals surface area contributed by atoms with Crippen LogP contribution in [0, 0.1) is 17.8 Å². The van der Waals surface area contributed by atoms with Gasteiger partial charge in [-0.25, -0.2) is 0 Å². The highest BCUT2D eigenvalue weighted by atomic mass is 16.5. The average Bonchev–Trinajstić information content (AvgIpc) is 2.92. The molecular formula is C13H23NO2. The molecule has 4 atom stereocenters. The minimum absolute atomic E-state index is 0.285. The molecule has 16 heavy (non-hydrogen) atoms. The largest absolute Gasteiger partial charge is 0.378 e. The zero-order valence-corrected chi connectivity index (χ0v) is 9.99.